The van der Waals surface area contributed by atoms with Gasteiger partial charge in [0, 0.05) is 29.7 Å². The molecule has 0 saturated carbocycles. The Hall–Kier alpha value is -0.940. The molecule has 0 bridgehead atoms. The molecule has 0 aromatic heterocycles. The van der Waals surface area contributed by atoms with Crippen LogP contribution in [0.3, 0.4) is 0 Å². The van der Waals surface area contributed by atoms with Crippen LogP contribution >= 0.6 is 15.9 Å². The molecule has 1 amide bonds. The minimum atomic E-state index is -0.565. The van der Waals surface area contributed by atoms with Gasteiger partial charge in [0.25, 0.3) is 0 Å². The highest BCUT2D eigenvalue weighted by Gasteiger charge is 2.35. The second kappa shape index (κ2) is 4.97. The van der Waals surface area contributed by atoms with E-state index in [1.807, 2.05) is 13.8 Å². The van der Waals surface area contributed by atoms with Crippen molar-refractivity contribution in [1.82, 2.24) is 10.2 Å². The summed E-state index contributed by atoms with van der Waals surface area (Å²) in [5.74, 6) is -0.274. The monoisotopic (exact) mass is 314 g/mol. The van der Waals surface area contributed by atoms with Crippen molar-refractivity contribution in [1.29, 1.82) is 0 Å². The van der Waals surface area contributed by atoms with Gasteiger partial charge in [-0.1, -0.05) is 22.0 Å². The largest absolute Gasteiger partial charge is 0.335 e. The number of amides is 1. The van der Waals surface area contributed by atoms with Gasteiger partial charge in [-0.15, -0.1) is 0 Å². The van der Waals surface area contributed by atoms with E-state index in [9.17, 15) is 9.18 Å². The Morgan fingerprint density at radius 3 is 2.89 bits per heavy atom. The van der Waals surface area contributed by atoms with Crippen molar-refractivity contribution in [2.45, 2.75) is 25.9 Å². The molecule has 1 aromatic carbocycles. The molecular formula is C13H16BrFN2O. The topological polar surface area (TPSA) is 32.3 Å². The summed E-state index contributed by atoms with van der Waals surface area (Å²) in [6.07, 6.45) is 0. The third-order valence-corrected chi connectivity index (χ3v) is 3.64. The number of rotatable bonds is 2. The predicted octanol–water partition coefficient (Wildman–Crippen LogP) is 2.30. The third kappa shape index (κ3) is 2.72. The standard InChI is InChI=1S/C13H16BrFN2O/c1-13(2)12(18)17(6-5-16-13)8-9-3-4-10(14)7-11(9)15/h3-4,7,16H,5-6,8H2,1-2H3. The van der Waals surface area contributed by atoms with Crippen molar-refractivity contribution in [2.75, 3.05) is 13.1 Å². The zero-order valence-corrected chi connectivity index (χ0v) is 12.1. The fourth-order valence-electron chi connectivity index (χ4n) is 2.08. The van der Waals surface area contributed by atoms with Gasteiger partial charge in [-0.05, 0) is 26.0 Å². The van der Waals surface area contributed by atoms with Crippen LogP contribution in [0.1, 0.15) is 19.4 Å². The first-order chi connectivity index (χ1) is 8.40. The number of nitrogens with one attached hydrogen (secondary N) is 1. The van der Waals surface area contributed by atoms with E-state index >= 15 is 0 Å². The molecule has 1 N–H and O–H groups in total. The van der Waals surface area contributed by atoms with Crippen molar-refractivity contribution >= 4 is 21.8 Å². The summed E-state index contributed by atoms with van der Waals surface area (Å²) in [6.45, 7) is 5.36. The normalized spacial score (nSPS) is 19.1. The maximum Gasteiger partial charge on any atom is 0.242 e. The van der Waals surface area contributed by atoms with Crippen LogP contribution in [0.25, 0.3) is 0 Å². The molecule has 1 aliphatic rings. The highest BCUT2D eigenvalue weighted by molar-refractivity contribution is 9.10. The summed E-state index contributed by atoms with van der Waals surface area (Å²) in [6, 6.07) is 4.92. The van der Waals surface area contributed by atoms with E-state index in [0.717, 1.165) is 6.54 Å². The van der Waals surface area contributed by atoms with Crippen molar-refractivity contribution in [3.63, 3.8) is 0 Å². The number of hydrogen-bond donors (Lipinski definition) is 1. The molecule has 0 aliphatic carbocycles. The molecular weight excluding hydrogens is 299 g/mol. The summed E-state index contributed by atoms with van der Waals surface area (Å²) >= 11 is 3.22. The van der Waals surface area contributed by atoms with Gasteiger partial charge in [0.15, 0.2) is 0 Å². The van der Waals surface area contributed by atoms with Gasteiger partial charge in [0.05, 0.1) is 5.54 Å². The van der Waals surface area contributed by atoms with Crippen LogP contribution in [-0.4, -0.2) is 29.4 Å². The van der Waals surface area contributed by atoms with Gasteiger partial charge in [-0.25, -0.2) is 4.39 Å². The molecule has 18 heavy (non-hydrogen) atoms. The zero-order valence-electron chi connectivity index (χ0n) is 10.5. The molecule has 2 rings (SSSR count). The number of hydrogen-bond acceptors (Lipinski definition) is 2. The summed E-state index contributed by atoms with van der Waals surface area (Å²) in [5, 5.41) is 3.16. The van der Waals surface area contributed by atoms with Gasteiger partial charge < -0.3 is 10.2 Å². The predicted molar refractivity (Wildman–Crippen MR) is 71.6 cm³/mol. The third-order valence-electron chi connectivity index (χ3n) is 3.15. The summed E-state index contributed by atoms with van der Waals surface area (Å²) < 4.78 is 14.4. The highest BCUT2D eigenvalue weighted by atomic mass is 79.9. The van der Waals surface area contributed by atoms with Crippen LogP contribution in [-0.2, 0) is 11.3 Å². The molecule has 3 nitrogen and oxygen atoms in total. The summed E-state index contributed by atoms with van der Waals surface area (Å²) in [4.78, 5) is 13.9. The Balaban J connectivity index is 2.16. The lowest BCUT2D eigenvalue weighted by Gasteiger charge is -2.38. The Kier molecular flexibility index (Phi) is 3.73. The quantitative estimate of drug-likeness (QED) is 0.908. The van der Waals surface area contributed by atoms with Crippen LogP contribution in [0.15, 0.2) is 22.7 Å². The fraction of sp³-hybridized carbons (Fsp3) is 0.462. The van der Waals surface area contributed by atoms with Gasteiger partial charge >= 0.3 is 0 Å². The van der Waals surface area contributed by atoms with E-state index in [4.69, 9.17) is 0 Å². The Morgan fingerprint density at radius 1 is 1.50 bits per heavy atom. The number of benzene rings is 1. The molecule has 1 heterocycles. The summed E-state index contributed by atoms with van der Waals surface area (Å²) in [7, 11) is 0. The van der Waals surface area contributed by atoms with Crippen LogP contribution < -0.4 is 5.32 Å². The van der Waals surface area contributed by atoms with E-state index in [-0.39, 0.29) is 11.7 Å². The number of nitrogens with zero attached hydrogens (tertiary/aromatic N) is 1. The summed E-state index contributed by atoms with van der Waals surface area (Å²) in [5.41, 5.74) is -0.0198. The maximum absolute atomic E-state index is 13.7. The molecule has 0 unspecified atom stereocenters. The number of piperazine rings is 1. The van der Waals surface area contributed by atoms with Crippen molar-refractivity contribution in [3.8, 4) is 0 Å². The zero-order chi connectivity index (χ0) is 13.3. The average molecular weight is 315 g/mol. The first-order valence-electron chi connectivity index (χ1n) is 5.88. The van der Waals surface area contributed by atoms with E-state index < -0.39 is 5.54 Å². The van der Waals surface area contributed by atoms with Crippen molar-refractivity contribution in [2.24, 2.45) is 0 Å². The smallest absolute Gasteiger partial charge is 0.242 e. The van der Waals surface area contributed by atoms with E-state index in [2.05, 4.69) is 21.2 Å². The number of carbonyl (C=O) groups is 1. The Morgan fingerprint density at radius 2 is 2.22 bits per heavy atom. The lowest BCUT2D eigenvalue weighted by Crippen LogP contribution is -2.60. The maximum atomic E-state index is 13.7. The van der Waals surface area contributed by atoms with Gasteiger partial charge in [-0.3, -0.25) is 4.79 Å². The van der Waals surface area contributed by atoms with Crippen LogP contribution in [0, 0.1) is 5.82 Å². The van der Waals surface area contributed by atoms with Crippen LogP contribution in [0.4, 0.5) is 4.39 Å². The Bertz CT molecular complexity index is 476. The van der Waals surface area contributed by atoms with Crippen molar-refractivity contribution in [3.05, 3.63) is 34.1 Å². The first kappa shape index (κ1) is 13.5. The SMILES string of the molecule is CC1(C)NCCN(Cc2ccc(Br)cc2F)C1=O. The molecule has 1 saturated heterocycles. The van der Waals surface area contributed by atoms with E-state index in [1.54, 1.807) is 17.0 Å². The molecule has 1 aliphatic heterocycles. The molecule has 0 spiro atoms. The highest BCUT2D eigenvalue weighted by Crippen LogP contribution is 2.19. The number of carbonyl (C=O) groups excluding carboxylic acids is 1. The lowest BCUT2D eigenvalue weighted by molar-refractivity contribution is -0.140. The molecule has 98 valence electrons. The second-order valence-corrected chi connectivity index (χ2v) is 5.93. The van der Waals surface area contributed by atoms with Gasteiger partial charge in [0.1, 0.15) is 5.82 Å². The molecule has 1 aromatic rings. The molecule has 1 fully saturated rings. The molecule has 0 radical (unpaired) electrons. The van der Waals surface area contributed by atoms with Crippen LogP contribution in [0.2, 0.25) is 0 Å². The Labute approximate surface area is 114 Å². The van der Waals surface area contributed by atoms with E-state index in [0.29, 0.717) is 23.1 Å². The average Bonchev–Trinajstić information content (AvgIpc) is 2.28. The minimum Gasteiger partial charge on any atom is -0.335 e. The van der Waals surface area contributed by atoms with Crippen LogP contribution in [0.5, 0.6) is 0 Å². The number of halogens is 2. The van der Waals surface area contributed by atoms with Gasteiger partial charge in [0.2, 0.25) is 5.91 Å². The second-order valence-electron chi connectivity index (χ2n) is 5.01. The first-order valence-corrected chi connectivity index (χ1v) is 6.68. The fourth-order valence-corrected chi connectivity index (χ4v) is 2.42. The van der Waals surface area contributed by atoms with Crippen molar-refractivity contribution < 1.29 is 9.18 Å². The lowest BCUT2D eigenvalue weighted by atomic mass is 10.0. The molecule has 0 atom stereocenters. The van der Waals surface area contributed by atoms with Gasteiger partial charge in [-0.2, -0.15) is 0 Å². The molecule has 5 heteroatoms. The minimum absolute atomic E-state index is 0.0102. The van der Waals surface area contributed by atoms with E-state index in [1.165, 1.54) is 6.07 Å².